The average Bonchev–Trinajstić information content (AvgIpc) is 2.78. The second-order valence-corrected chi connectivity index (χ2v) is 6.12. The summed E-state index contributed by atoms with van der Waals surface area (Å²) in [6.07, 6.45) is 8.57. The minimum absolute atomic E-state index is 0.259. The zero-order valence-corrected chi connectivity index (χ0v) is 12.6. The largest absolute Gasteiger partial charge is 0.396 e. The van der Waals surface area contributed by atoms with Gasteiger partial charge in [0.1, 0.15) is 0 Å². The molecule has 100 valence electrons. The SMILES string of the molecule is CN(C)C1(CNc2c(N)cncc2Br)CCCC1. The van der Waals surface area contributed by atoms with Crippen molar-refractivity contribution >= 4 is 27.3 Å². The van der Waals surface area contributed by atoms with Crippen molar-refractivity contribution in [3.63, 3.8) is 0 Å². The Hall–Kier alpha value is -0.810. The van der Waals surface area contributed by atoms with Crippen molar-refractivity contribution in [2.24, 2.45) is 0 Å². The van der Waals surface area contributed by atoms with Gasteiger partial charge >= 0.3 is 0 Å². The zero-order valence-electron chi connectivity index (χ0n) is 11.0. The van der Waals surface area contributed by atoms with E-state index in [0.29, 0.717) is 5.69 Å². The Morgan fingerprint density at radius 2 is 2.06 bits per heavy atom. The van der Waals surface area contributed by atoms with Crippen molar-refractivity contribution in [2.45, 2.75) is 31.2 Å². The molecule has 0 radical (unpaired) electrons. The van der Waals surface area contributed by atoms with Crippen LogP contribution in [-0.4, -0.2) is 36.1 Å². The van der Waals surface area contributed by atoms with E-state index in [4.69, 9.17) is 5.73 Å². The fourth-order valence-electron chi connectivity index (χ4n) is 2.70. The Labute approximate surface area is 117 Å². The first-order valence-corrected chi connectivity index (χ1v) is 7.15. The van der Waals surface area contributed by atoms with Crippen LogP contribution < -0.4 is 11.1 Å². The third kappa shape index (κ3) is 2.62. The van der Waals surface area contributed by atoms with E-state index in [1.54, 1.807) is 12.4 Å². The van der Waals surface area contributed by atoms with Crippen LogP contribution >= 0.6 is 15.9 Å². The van der Waals surface area contributed by atoms with Gasteiger partial charge in [0, 0.05) is 18.3 Å². The molecule has 0 atom stereocenters. The number of anilines is 2. The summed E-state index contributed by atoms with van der Waals surface area (Å²) in [4.78, 5) is 6.40. The number of rotatable bonds is 4. The molecule has 0 spiro atoms. The van der Waals surface area contributed by atoms with Gasteiger partial charge in [-0.05, 0) is 42.9 Å². The van der Waals surface area contributed by atoms with Crippen molar-refractivity contribution in [1.82, 2.24) is 9.88 Å². The summed E-state index contributed by atoms with van der Waals surface area (Å²) in [7, 11) is 4.33. The van der Waals surface area contributed by atoms with Crippen LogP contribution in [-0.2, 0) is 0 Å². The lowest BCUT2D eigenvalue weighted by Crippen LogP contribution is -2.47. The molecule has 0 aliphatic heterocycles. The van der Waals surface area contributed by atoms with Gasteiger partial charge in [0.2, 0.25) is 0 Å². The maximum Gasteiger partial charge on any atom is 0.0750 e. The van der Waals surface area contributed by atoms with E-state index in [9.17, 15) is 0 Å². The normalized spacial score (nSPS) is 18.2. The quantitative estimate of drug-likeness (QED) is 0.897. The number of nitrogens with two attached hydrogens (primary N) is 1. The first kappa shape index (κ1) is 13.6. The van der Waals surface area contributed by atoms with E-state index in [2.05, 4.69) is 45.2 Å². The van der Waals surface area contributed by atoms with E-state index >= 15 is 0 Å². The van der Waals surface area contributed by atoms with Crippen LogP contribution in [0.15, 0.2) is 16.9 Å². The molecule has 1 fully saturated rings. The number of nitrogen functional groups attached to an aromatic ring is 1. The molecule has 1 saturated carbocycles. The molecule has 0 bridgehead atoms. The van der Waals surface area contributed by atoms with Gasteiger partial charge in [-0.3, -0.25) is 4.98 Å². The van der Waals surface area contributed by atoms with Crippen LogP contribution in [0.2, 0.25) is 0 Å². The lowest BCUT2D eigenvalue weighted by molar-refractivity contribution is 0.172. The predicted octanol–water partition coefficient (Wildman–Crippen LogP) is 2.71. The highest BCUT2D eigenvalue weighted by Gasteiger charge is 2.35. The number of nitrogens with zero attached hydrogens (tertiary/aromatic N) is 2. The lowest BCUT2D eigenvalue weighted by Gasteiger charge is -2.37. The van der Waals surface area contributed by atoms with Crippen molar-refractivity contribution in [2.75, 3.05) is 31.7 Å². The van der Waals surface area contributed by atoms with Gasteiger partial charge in [-0.2, -0.15) is 0 Å². The van der Waals surface area contributed by atoms with Crippen LogP contribution in [0.3, 0.4) is 0 Å². The Kier molecular flexibility index (Phi) is 4.12. The summed E-state index contributed by atoms with van der Waals surface area (Å²) >= 11 is 3.49. The Morgan fingerprint density at radius 1 is 1.39 bits per heavy atom. The van der Waals surface area contributed by atoms with Crippen LogP contribution in [0.25, 0.3) is 0 Å². The monoisotopic (exact) mass is 312 g/mol. The predicted molar refractivity (Wildman–Crippen MR) is 79.7 cm³/mol. The van der Waals surface area contributed by atoms with E-state index in [0.717, 1.165) is 16.7 Å². The highest BCUT2D eigenvalue weighted by molar-refractivity contribution is 9.10. The molecule has 18 heavy (non-hydrogen) atoms. The van der Waals surface area contributed by atoms with Crippen molar-refractivity contribution in [3.8, 4) is 0 Å². The van der Waals surface area contributed by atoms with E-state index in [1.807, 2.05) is 0 Å². The first-order chi connectivity index (χ1) is 8.55. The van der Waals surface area contributed by atoms with Gasteiger partial charge in [-0.1, -0.05) is 12.8 Å². The molecule has 1 aliphatic rings. The van der Waals surface area contributed by atoms with Gasteiger partial charge in [-0.25, -0.2) is 0 Å². The van der Waals surface area contributed by atoms with E-state index < -0.39 is 0 Å². The summed E-state index contributed by atoms with van der Waals surface area (Å²) < 4.78 is 0.925. The van der Waals surface area contributed by atoms with Crippen LogP contribution in [0, 0.1) is 0 Å². The number of pyridine rings is 1. The smallest absolute Gasteiger partial charge is 0.0750 e. The number of halogens is 1. The second-order valence-electron chi connectivity index (χ2n) is 5.26. The number of hydrogen-bond donors (Lipinski definition) is 2. The summed E-state index contributed by atoms with van der Waals surface area (Å²) in [6, 6.07) is 0. The third-order valence-electron chi connectivity index (χ3n) is 4.01. The number of hydrogen-bond acceptors (Lipinski definition) is 4. The summed E-state index contributed by atoms with van der Waals surface area (Å²) in [5.41, 5.74) is 7.86. The standard InChI is InChI=1S/C13H21BrN4/c1-18(2)13(5-3-4-6-13)9-17-12-10(14)7-16-8-11(12)15/h7-8H,3-6,9,15H2,1-2H3,(H,16,17). The Balaban J connectivity index is 2.11. The van der Waals surface area contributed by atoms with E-state index in [1.165, 1.54) is 25.7 Å². The van der Waals surface area contributed by atoms with Crippen LogP contribution in [0.4, 0.5) is 11.4 Å². The second kappa shape index (κ2) is 5.45. The molecule has 1 aromatic heterocycles. The highest BCUT2D eigenvalue weighted by atomic mass is 79.9. The van der Waals surface area contributed by atoms with Crippen LogP contribution in [0.1, 0.15) is 25.7 Å². The molecular weight excluding hydrogens is 292 g/mol. The van der Waals surface area contributed by atoms with Gasteiger partial charge in [0.05, 0.1) is 22.0 Å². The summed E-state index contributed by atoms with van der Waals surface area (Å²) in [5.74, 6) is 0. The Morgan fingerprint density at radius 3 is 2.61 bits per heavy atom. The molecule has 2 rings (SSSR count). The van der Waals surface area contributed by atoms with Gasteiger partial charge in [0.15, 0.2) is 0 Å². The maximum absolute atomic E-state index is 5.96. The average molecular weight is 313 g/mol. The molecule has 0 aromatic carbocycles. The fourth-order valence-corrected chi connectivity index (χ4v) is 3.19. The van der Waals surface area contributed by atoms with Gasteiger partial charge in [-0.15, -0.1) is 0 Å². The van der Waals surface area contributed by atoms with Crippen LogP contribution in [0.5, 0.6) is 0 Å². The molecular formula is C13H21BrN4. The van der Waals surface area contributed by atoms with Crippen molar-refractivity contribution in [3.05, 3.63) is 16.9 Å². The molecule has 0 amide bonds. The first-order valence-electron chi connectivity index (χ1n) is 6.35. The van der Waals surface area contributed by atoms with E-state index in [-0.39, 0.29) is 5.54 Å². The summed E-state index contributed by atoms with van der Waals surface area (Å²) in [6.45, 7) is 0.923. The number of nitrogens with one attached hydrogen (secondary N) is 1. The van der Waals surface area contributed by atoms with Gasteiger partial charge in [0.25, 0.3) is 0 Å². The zero-order chi connectivity index (χ0) is 13.2. The van der Waals surface area contributed by atoms with Gasteiger partial charge < -0.3 is 16.0 Å². The Bertz CT molecular complexity index is 393. The molecule has 0 saturated heterocycles. The minimum Gasteiger partial charge on any atom is -0.396 e. The molecule has 4 nitrogen and oxygen atoms in total. The lowest BCUT2D eigenvalue weighted by atomic mass is 9.96. The fraction of sp³-hybridized carbons (Fsp3) is 0.615. The third-order valence-corrected chi connectivity index (χ3v) is 4.61. The summed E-state index contributed by atoms with van der Waals surface area (Å²) in [5, 5.41) is 3.49. The highest BCUT2D eigenvalue weighted by Crippen LogP contribution is 2.35. The van der Waals surface area contributed by atoms with Crippen molar-refractivity contribution in [1.29, 1.82) is 0 Å². The minimum atomic E-state index is 0.259. The molecule has 3 N–H and O–H groups in total. The number of likely N-dealkylation sites (N-methyl/N-ethyl adjacent to an activating group) is 1. The maximum atomic E-state index is 5.96. The topological polar surface area (TPSA) is 54.2 Å². The molecule has 1 heterocycles. The van der Waals surface area contributed by atoms with Crippen molar-refractivity contribution < 1.29 is 0 Å². The molecule has 1 aliphatic carbocycles. The number of aromatic nitrogens is 1. The molecule has 0 unspecified atom stereocenters. The molecule has 5 heteroatoms. The molecule has 1 aromatic rings.